The third kappa shape index (κ3) is 5.27. The highest BCUT2D eigenvalue weighted by Gasteiger charge is 2.44. The van der Waals surface area contributed by atoms with Gasteiger partial charge in [-0.15, -0.1) is 0 Å². The van der Waals surface area contributed by atoms with Gasteiger partial charge in [0, 0.05) is 13.1 Å². The summed E-state index contributed by atoms with van der Waals surface area (Å²) in [6.07, 6.45) is 1.28. The van der Waals surface area contributed by atoms with Crippen molar-refractivity contribution in [3.8, 4) is 5.75 Å². The van der Waals surface area contributed by atoms with Crippen molar-refractivity contribution >= 4 is 29.3 Å². The maximum atomic E-state index is 13.1. The summed E-state index contributed by atoms with van der Waals surface area (Å²) >= 11 is 0. The molecule has 184 valence electrons. The Morgan fingerprint density at radius 1 is 0.971 bits per heavy atom. The Hall–Kier alpha value is -3.52. The SMILES string of the molecule is COc1ccccc1C(=O)COC(=O)c1ccc(N2C(=O)CC(N3CC(C)CC(C)C3)C2=O)cc1. The van der Waals surface area contributed by atoms with Gasteiger partial charge in [0.15, 0.2) is 6.61 Å². The fraction of sp³-hybridized carbons (Fsp3) is 0.407. The van der Waals surface area contributed by atoms with E-state index in [0.29, 0.717) is 28.8 Å². The number of anilines is 1. The van der Waals surface area contributed by atoms with Gasteiger partial charge in [-0.1, -0.05) is 26.0 Å². The second-order valence-electron chi connectivity index (χ2n) is 9.43. The van der Waals surface area contributed by atoms with Gasteiger partial charge in [-0.05, 0) is 54.7 Å². The van der Waals surface area contributed by atoms with Crippen LogP contribution in [-0.4, -0.2) is 61.3 Å². The number of rotatable bonds is 7. The summed E-state index contributed by atoms with van der Waals surface area (Å²) in [5.74, 6) is -0.157. The number of amides is 2. The topological polar surface area (TPSA) is 93.2 Å². The summed E-state index contributed by atoms with van der Waals surface area (Å²) in [6.45, 7) is 5.52. The van der Waals surface area contributed by atoms with Crippen LogP contribution in [0.15, 0.2) is 48.5 Å². The molecule has 2 aliphatic rings. The van der Waals surface area contributed by atoms with Crippen molar-refractivity contribution in [2.24, 2.45) is 11.8 Å². The third-order valence-electron chi connectivity index (χ3n) is 6.56. The van der Waals surface area contributed by atoms with Crippen LogP contribution in [0.4, 0.5) is 5.69 Å². The average Bonchev–Trinajstić information content (AvgIpc) is 3.15. The molecule has 0 aromatic heterocycles. The van der Waals surface area contributed by atoms with Gasteiger partial charge in [0.2, 0.25) is 11.7 Å². The molecule has 3 atom stereocenters. The molecule has 2 aromatic rings. The van der Waals surface area contributed by atoms with Crippen LogP contribution in [0.5, 0.6) is 5.75 Å². The Kier molecular flexibility index (Phi) is 7.31. The van der Waals surface area contributed by atoms with E-state index in [1.54, 1.807) is 36.4 Å². The summed E-state index contributed by atoms with van der Waals surface area (Å²) < 4.78 is 10.3. The second-order valence-corrected chi connectivity index (χ2v) is 9.43. The minimum Gasteiger partial charge on any atom is -0.496 e. The van der Waals surface area contributed by atoms with Gasteiger partial charge >= 0.3 is 5.97 Å². The first-order valence-corrected chi connectivity index (χ1v) is 11.8. The van der Waals surface area contributed by atoms with Gasteiger partial charge in [-0.3, -0.25) is 19.3 Å². The molecule has 2 aromatic carbocycles. The van der Waals surface area contributed by atoms with E-state index >= 15 is 0 Å². The maximum Gasteiger partial charge on any atom is 0.338 e. The third-order valence-corrected chi connectivity index (χ3v) is 6.56. The highest BCUT2D eigenvalue weighted by molar-refractivity contribution is 6.22. The largest absolute Gasteiger partial charge is 0.496 e. The van der Waals surface area contributed by atoms with E-state index in [0.717, 1.165) is 19.5 Å². The number of hydrogen-bond acceptors (Lipinski definition) is 7. The highest BCUT2D eigenvalue weighted by Crippen LogP contribution is 2.30. The lowest BCUT2D eigenvalue weighted by molar-refractivity contribution is -0.123. The molecular weight excluding hydrogens is 448 g/mol. The van der Waals surface area contributed by atoms with Crippen LogP contribution >= 0.6 is 0 Å². The normalized spacial score (nSPS) is 22.8. The monoisotopic (exact) mass is 478 g/mol. The molecule has 0 radical (unpaired) electrons. The number of hydrogen-bond donors (Lipinski definition) is 0. The molecule has 0 bridgehead atoms. The van der Waals surface area contributed by atoms with Crippen LogP contribution in [0.2, 0.25) is 0 Å². The van der Waals surface area contributed by atoms with Crippen molar-refractivity contribution < 1.29 is 28.7 Å². The molecule has 35 heavy (non-hydrogen) atoms. The van der Waals surface area contributed by atoms with Crippen molar-refractivity contribution in [1.82, 2.24) is 4.90 Å². The number of ether oxygens (including phenoxy) is 2. The van der Waals surface area contributed by atoms with E-state index in [1.807, 2.05) is 0 Å². The first-order chi connectivity index (χ1) is 16.8. The van der Waals surface area contributed by atoms with E-state index < -0.39 is 18.6 Å². The van der Waals surface area contributed by atoms with Crippen LogP contribution in [0.25, 0.3) is 0 Å². The predicted molar refractivity (Wildman–Crippen MR) is 129 cm³/mol. The standard InChI is InChI=1S/C27H30N2O6/c1-17-12-18(2)15-28(14-17)22-13-25(31)29(26(22)32)20-10-8-19(9-11-20)27(33)35-16-23(30)21-6-4-5-7-24(21)34-3/h4-11,17-18,22H,12-16H2,1-3H3. The number of carbonyl (C=O) groups is 4. The van der Waals surface area contributed by atoms with Crippen molar-refractivity contribution in [2.45, 2.75) is 32.7 Å². The lowest BCUT2D eigenvalue weighted by Crippen LogP contribution is -2.48. The van der Waals surface area contributed by atoms with Crippen LogP contribution in [-0.2, 0) is 14.3 Å². The number of likely N-dealkylation sites (tertiary alicyclic amines) is 1. The minimum absolute atomic E-state index is 0.160. The molecule has 2 heterocycles. The summed E-state index contributed by atoms with van der Waals surface area (Å²) in [5.41, 5.74) is 0.967. The molecule has 0 N–H and O–H groups in total. The Morgan fingerprint density at radius 3 is 2.29 bits per heavy atom. The maximum absolute atomic E-state index is 13.1. The van der Waals surface area contributed by atoms with E-state index in [4.69, 9.17) is 9.47 Å². The molecule has 2 aliphatic heterocycles. The fourth-order valence-electron chi connectivity index (χ4n) is 5.05. The summed E-state index contributed by atoms with van der Waals surface area (Å²) in [6, 6.07) is 12.4. The fourth-order valence-corrected chi connectivity index (χ4v) is 5.05. The Bertz CT molecular complexity index is 1120. The van der Waals surface area contributed by atoms with Gasteiger partial charge in [0.1, 0.15) is 5.75 Å². The molecule has 0 saturated carbocycles. The molecule has 0 aliphatic carbocycles. The predicted octanol–water partition coefficient (Wildman–Crippen LogP) is 3.34. The van der Waals surface area contributed by atoms with E-state index in [9.17, 15) is 19.2 Å². The van der Waals surface area contributed by atoms with Crippen molar-refractivity contribution in [3.05, 3.63) is 59.7 Å². The lowest BCUT2D eigenvalue weighted by Gasteiger charge is -2.37. The van der Waals surface area contributed by atoms with Gasteiger partial charge in [-0.2, -0.15) is 0 Å². The number of methoxy groups -OCH3 is 1. The number of Topliss-reactive ketones (excluding diaryl/α,β-unsaturated/α-hetero) is 1. The zero-order chi connectivity index (χ0) is 25.1. The number of nitrogens with zero attached hydrogens (tertiary/aromatic N) is 2. The Balaban J connectivity index is 1.39. The number of esters is 1. The number of para-hydroxylation sites is 1. The average molecular weight is 479 g/mol. The molecule has 4 rings (SSSR count). The molecule has 8 nitrogen and oxygen atoms in total. The van der Waals surface area contributed by atoms with E-state index in [1.165, 1.54) is 24.1 Å². The van der Waals surface area contributed by atoms with E-state index in [-0.39, 0.29) is 29.6 Å². The first kappa shape index (κ1) is 24.6. The van der Waals surface area contributed by atoms with Crippen LogP contribution < -0.4 is 9.64 Å². The summed E-state index contributed by atoms with van der Waals surface area (Å²) in [5, 5.41) is 0. The number of benzene rings is 2. The summed E-state index contributed by atoms with van der Waals surface area (Å²) in [4.78, 5) is 54.1. The van der Waals surface area contributed by atoms with Gasteiger partial charge in [0.25, 0.3) is 5.91 Å². The minimum atomic E-state index is -0.673. The second kappa shape index (κ2) is 10.4. The zero-order valence-corrected chi connectivity index (χ0v) is 20.2. The van der Waals surface area contributed by atoms with E-state index in [2.05, 4.69) is 18.7 Å². The Labute approximate surface area is 204 Å². The lowest BCUT2D eigenvalue weighted by atomic mass is 9.90. The van der Waals surface area contributed by atoms with Crippen LogP contribution in [0, 0.1) is 11.8 Å². The quantitative estimate of drug-likeness (QED) is 0.342. The van der Waals surface area contributed by atoms with Gasteiger partial charge < -0.3 is 9.47 Å². The molecule has 8 heteroatoms. The zero-order valence-electron chi connectivity index (χ0n) is 20.2. The van der Waals surface area contributed by atoms with Crippen LogP contribution in [0.3, 0.4) is 0 Å². The Morgan fingerprint density at radius 2 is 1.63 bits per heavy atom. The van der Waals surface area contributed by atoms with Crippen molar-refractivity contribution in [1.29, 1.82) is 0 Å². The number of ketones is 1. The first-order valence-electron chi connectivity index (χ1n) is 11.8. The molecule has 2 saturated heterocycles. The molecule has 2 fully saturated rings. The smallest absolute Gasteiger partial charge is 0.338 e. The molecule has 2 amide bonds. The van der Waals surface area contributed by atoms with Crippen molar-refractivity contribution in [2.75, 3.05) is 31.7 Å². The van der Waals surface area contributed by atoms with Crippen molar-refractivity contribution in [3.63, 3.8) is 0 Å². The molecule has 3 unspecified atom stereocenters. The van der Waals surface area contributed by atoms with Gasteiger partial charge in [0.05, 0.1) is 36.4 Å². The summed E-state index contributed by atoms with van der Waals surface area (Å²) in [7, 11) is 1.46. The van der Waals surface area contributed by atoms with Gasteiger partial charge in [-0.25, -0.2) is 9.69 Å². The molecular formula is C27H30N2O6. The highest BCUT2D eigenvalue weighted by atomic mass is 16.5. The van der Waals surface area contributed by atoms with Crippen LogP contribution in [0.1, 0.15) is 47.4 Å². The number of piperidine rings is 1. The number of carbonyl (C=O) groups excluding carboxylic acids is 4. The molecule has 0 spiro atoms. The number of imide groups is 1.